The van der Waals surface area contributed by atoms with Crippen LogP contribution in [0.4, 0.5) is 0 Å². The number of aliphatic hydroxyl groups excluding tert-OH is 1. The Morgan fingerprint density at radius 2 is 2.11 bits per heavy atom. The number of ether oxygens (including phenoxy) is 2. The highest BCUT2D eigenvalue weighted by molar-refractivity contribution is 5.27. The summed E-state index contributed by atoms with van der Waals surface area (Å²) in [6.07, 6.45) is 1.50. The molecule has 0 aliphatic carbocycles. The second-order valence-electron chi connectivity index (χ2n) is 4.92. The van der Waals surface area contributed by atoms with Gasteiger partial charge in [-0.05, 0) is 21.0 Å². The molecule has 6 nitrogen and oxygen atoms in total. The molecule has 0 saturated heterocycles. The van der Waals surface area contributed by atoms with Gasteiger partial charge in [0.2, 0.25) is 0 Å². The van der Waals surface area contributed by atoms with E-state index in [4.69, 9.17) is 9.47 Å². The minimum atomic E-state index is -0.644. The molecule has 0 amide bonds. The van der Waals surface area contributed by atoms with Crippen LogP contribution in [0.15, 0.2) is 6.20 Å². The number of hydrogen-bond donors (Lipinski definition) is 1. The zero-order valence-electron chi connectivity index (χ0n) is 12.5. The van der Waals surface area contributed by atoms with E-state index in [-0.39, 0.29) is 6.10 Å². The van der Waals surface area contributed by atoms with Crippen molar-refractivity contribution >= 4 is 0 Å². The standard InChI is InChI=1S/C13H25N3O3/c1-10(18-4)8-11(17)13-12(19-5)9-14-16(13)7-6-15(2)3/h9-11,17H,6-8H2,1-5H3. The highest BCUT2D eigenvalue weighted by Crippen LogP contribution is 2.28. The molecule has 1 aromatic rings. The summed E-state index contributed by atoms with van der Waals surface area (Å²) in [6.45, 7) is 3.49. The SMILES string of the molecule is COc1cnn(CCN(C)C)c1C(O)CC(C)OC. The molecule has 1 N–H and O–H groups in total. The predicted molar refractivity (Wildman–Crippen MR) is 73.4 cm³/mol. The van der Waals surface area contributed by atoms with E-state index in [1.54, 1.807) is 25.1 Å². The Kier molecular flexibility index (Phi) is 6.27. The third-order valence-electron chi connectivity index (χ3n) is 3.10. The quantitative estimate of drug-likeness (QED) is 0.761. The zero-order chi connectivity index (χ0) is 14.4. The number of aromatic nitrogens is 2. The summed E-state index contributed by atoms with van der Waals surface area (Å²) in [4.78, 5) is 2.07. The topological polar surface area (TPSA) is 59.8 Å². The van der Waals surface area contributed by atoms with Crippen molar-refractivity contribution in [3.8, 4) is 5.75 Å². The molecule has 0 fully saturated rings. The summed E-state index contributed by atoms with van der Waals surface area (Å²) in [5.74, 6) is 0.620. The second kappa shape index (κ2) is 7.47. The van der Waals surface area contributed by atoms with Crippen molar-refractivity contribution in [3.63, 3.8) is 0 Å². The smallest absolute Gasteiger partial charge is 0.162 e. The molecule has 2 atom stereocenters. The van der Waals surface area contributed by atoms with Gasteiger partial charge in [0.15, 0.2) is 5.75 Å². The molecular formula is C13H25N3O3. The van der Waals surface area contributed by atoms with Gasteiger partial charge in [-0.3, -0.25) is 4.68 Å². The molecule has 110 valence electrons. The van der Waals surface area contributed by atoms with Crippen LogP contribution in [0.1, 0.15) is 25.1 Å². The zero-order valence-corrected chi connectivity index (χ0v) is 12.5. The van der Waals surface area contributed by atoms with Gasteiger partial charge in [0, 0.05) is 20.1 Å². The maximum absolute atomic E-state index is 10.3. The molecule has 0 radical (unpaired) electrons. The minimum absolute atomic E-state index is 0.0168. The van der Waals surface area contributed by atoms with Crippen molar-refractivity contribution < 1.29 is 14.6 Å². The van der Waals surface area contributed by atoms with Crippen LogP contribution in [0.25, 0.3) is 0 Å². The molecule has 1 heterocycles. The van der Waals surface area contributed by atoms with E-state index in [2.05, 4.69) is 10.00 Å². The van der Waals surface area contributed by atoms with E-state index in [0.29, 0.717) is 24.4 Å². The summed E-state index contributed by atoms with van der Waals surface area (Å²) in [5, 5.41) is 14.6. The lowest BCUT2D eigenvalue weighted by Gasteiger charge is -2.19. The summed E-state index contributed by atoms with van der Waals surface area (Å²) >= 11 is 0. The molecule has 0 saturated carbocycles. The maximum Gasteiger partial charge on any atom is 0.162 e. The summed E-state index contributed by atoms with van der Waals surface area (Å²) in [5.41, 5.74) is 0.716. The summed E-state index contributed by atoms with van der Waals surface area (Å²) in [7, 11) is 7.23. The van der Waals surface area contributed by atoms with Gasteiger partial charge in [-0.2, -0.15) is 5.10 Å². The van der Waals surface area contributed by atoms with Gasteiger partial charge in [0.05, 0.1) is 26.0 Å². The van der Waals surface area contributed by atoms with Crippen LogP contribution in [0.2, 0.25) is 0 Å². The molecule has 0 aliphatic rings. The molecule has 0 aromatic carbocycles. The third kappa shape index (κ3) is 4.49. The number of nitrogens with zero attached hydrogens (tertiary/aromatic N) is 3. The normalized spacial score (nSPS) is 14.7. The van der Waals surface area contributed by atoms with Crippen molar-refractivity contribution in [1.82, 2.24) is 14.7 Å². The summed E-state index contributed by atoms with van der Waals surface area (Å²) < 4.78 is 12.3. The van der Waals surface area contributed by atoms with Gasteiger partial charge in [-0.15, -0.1) is 0 Å². The van der Waals surface area contributed by atoms with Crippen LogP contribution in [0.5, 0.6) is 5.75 Å². The Balaban J connectivity index is 2.85. The Morgan fingerprint density at radius 1 is 1.42 bits per heavy atom. The highest BCUT2D eigenvalue weighted by Gasteiger charge is 2.21. The van der Waals surface area contributed by atoms with Gasteiger partial charge < -0.3 is 19.5 Å². The first kappa shape index (κ1) is 15.9. The lowest BCUT2D eigenvalue weighted by Crippen LogP contribution is -2.22. The molecule has 1 rings (SSSR count). The summed E-state index contributed by atoms with van der Waals surface area (Å²) in [6, 6.07) is 0. The Labute approximate surface area is 114 Å². The monoisotopic (exact) mass is 271 g/mol. The molecular weight excluding hydrogens is 246 g/mol. The number of rotatable bonds is 8. The highest BCUT2D eigenvalue weighted by atomic mass is 16.5. The van der Waals surface area contributed by atoms with Gasteiger partial charge in [-0.25, -0.2) is 0 Å². The number of aliphatic hydroxyl groups is 1. The predicted octanol–water partition coefficient (Wildman–Crippen LogP) is 0.912. The van der Waals surface area contributed by atoms with Crippen molar-refractivity contribution in [1.29, 1.82) is 0 Å². The number of likely N-dealkylation sites (N-methyl/N-ethyl adjacent to an activating group) is 1. The molecule has 0 aliphatic heterocycles. The maximum atomic E-state index is 10.3. The minimum Gasteiger partial charge on any atom is -0.493 e. The van der Waals surface area contributed by atoms with Gasteiger partial charge in [-0.1, -0.05) is 0 Å². The Hall–Kier alpha value is -1.11. The van der Waals surface area contributed by atoms with E-state index < -0.39 is 6.10 Å². The molecule has 0 spiro atoms. The van der Waals surface area contributed by atoms with Crippen molar-refractivity contribution in [3.05, 3.63) is 11.9 Å². The van der Waals surface area contributed by atoms with Crippen LogP contribution in [-0.2, 0) is 11.3 Å². The van der Waals surface area contributed by atoms with Crippen LogP contribution < -0.4 is 4.74 Å². The van der Waals surface area contributed by atoms with E-state index in [0.717, 1.165) is 6.54 Å². The number of hydrogen-bond acceptors (Lipinski definition) is 5. The first-order valence-corrected chi connectivity index (χ1v) is 6.44. The van der Waals surface area contributed by atoms with Gasteiger partial charge >= 0.3 is 0 Å². The van der Waals surface area contributed by atoms with Crippen molar-refractivity contribution in [2.75, 3.05) is 34.9 Å². The van der Waals surface area contributed by atoms with E-state index in [1.807, 2.05) is 21.0 Å². The Bertz CT molecular complexity index is 379. The fourth-order valence-electron chi connectivity index (χ4n) is 1.87. The molecule has 6 heteroatoms. The van der Waals surface area contributed by atoms with E-state index in [1.165, 1.54) is 0 Å². The first-order chi connectivity index (χ1) is 8.99. The van der Waals surface area contributed by atoms with Crippen LogP contribution in [-0.4, -0.2) is 60.8 Å². The van der Waals surface area contributed by atoms with Crippen molar-refractivity contribution in [2.24, 2.45) is 0 Å². The van der Waals surface area contributed by atoms with E-state index in [9.17, 15) is 5.11 Å². The van der Waals surface area contributed by atoms with Crippen LogP contribution in [0.3, 0.4) is 0 Å². The molecule has 0 bridgehead atoms. The fourth-order valence-corrected chi connectivity index (χ4v) is 1.87. The second-order valence-corrected chi connectivity index (χ2v) is 4.92. The van der Waals surface area contributed by atoms with E-state index >= 15 is 0 Å². The molecule has 2 unspecified atom stereocenters. The largest absolute Gasteiger partial charge is 0.493 e. The van der Waals surface area contributed by atoms with Gasteiger partial charge in [0.1, 0.15) is 11.8 Å². The average Bonchev–Trinajstić information content (AvgIpc) is 2.78. The first-order valence-electron chi connectivity index (χ1n) is 6.44. The lowest BCUT2D eigenvalue weighted by atomic mass is 10.1. The van der Waals surface area contributed by atoms with Crippen LogP contribution >= 0.6 is 0 Å². The molecule has 19 heavy (non-hydrogen) atoms. The lowest BCUT2D eigenvalue weighted by molar-refractivity contribution is 0.0511. The van der Waals surface area contributed by atoms with Crippen molar-refractivity contribution in [2.45, 2.75) is 32.1 Å². The third-order valence-corrected chi connectivity index (χ3v) is 3.10. The Morgan fingerprint density at radius 3 is 2.63 bits per heavy atom. The van der Waals surface area contributed by atoms with Gasteiger partial charge in [0.25, 0.3) is 0 Å². The fraction of sp³-hybridized carbons (Fsp3) is 0.769. The average molecular weight is 271 g/mol. The number of methoxy groups -OCH3 is 2. The van der Waals surface area contributed by atoms with Crippen LogP contribution in [0, 0.1) is 0 Å². The molecule has 1 aromatic heterocycles.